The number of rotatable bonds is 3. The van der Waals surface area contributed by atoms with E-state index in [1.165, 1.54) is 12.1 Å². The summed E-state index contributed by atoms with van der Waals surface area (Å²) in [6.45, 7) is 3.86. The van der Waals surface area contributed by atoms with E-state index in [1.807, 2.05) is 6.92 Å². The van der Waals surface area contributed by atoms with E-state index in [0.29, 0.717) is 13.1 Å². The fraction of sp³-hybridized carbons (Fsp3) is 0.333. The Morgan fingerprint density at radius 1 is 1.38 bits per heavy atom. The normalized spacial score (nSPS) is 14.1. The van der Waals surface area contributed by atoms with Crippen molar-refractivity contribution in [3.63, 3.8) is 0 Å². The Labute approximate surface area is 121 Å². The number of aromatic nitrogens is 2. The number of nitrogens with zero attached hydrogens (tertiary/aromatic N) is 3. The quantitative estimate of drug-likeness (QED) is 0.942. The van der Waals surface area contributed by atoms with Crippen LogP contribution in [0.15, 0.2) is 24.3 Å². The van der Waals surface area contributed by atoms with Crippen LogP contribution in [0.4, 0.5) is 10.1 Å². The summed E-state index contributed by atoms with van der Waals surface area (Å²) in [5, 5.41) is 13.5. The van der Waals surface area contributed by atoms with Gasteiger partial charge in [-0.1, -0.05) is 0 Å². The molecule has 0 atom stereocenters. The molecule has 6 heteroatoms. The Morgan fingerprint density at radius 3 is 2.71 bits per heavy atom. The highest BCUT2D eigenvalue weighted by molar-refractivity contribution is 5.87. The van der Waals surface area contributed by atoms with Crippen LogP contribution in [0.3, 0.4) is 0 Å². The Kier molecular flexibility index (Phi) is 3.37. The predicted octanol–water partition coefficient (Wildman–Crippen LogP) is 2.30. The molecule has 21 heavy (non-hydrogen) atoms. The molecular weight excluding hydrogens is 273 g/mol. The maximum absolute atomic E-state index is 13.0. The SMILES string of the molecule is CCn1nc(C(=O)O)c2c1CCN(c1ccc(F)cc1)C2. The number of hydrogen-bond donors (Lipinski definition) is 1. The highest BCUT2D eigenvalue weighted by Crippen LogP contribution is 2.27. The van der Waals surface area contributed by atoms with Crippen LogP contribution in [0.5, 0.6) is 0 Å². The first kappa shape index (κ1) is 13.6. The van der Waals surface area contributed by atoms with Crippen molar-refractivity contribution in [1.82, 2.24) is 9.78 Å². The summed E-state index contributed by atoms with van der Waals surface area (Å²) in [5.41, 5.74) is 2.77. The first-order valence-electron chi connectivity index (χ1n) is 6.92. The van der Waals surface area contributed by atoms with Gasteiger partial charge >= 0.3 is 5.97 Å². The van der Waals surface area contributed by atoms with Crippen molar-refractivity contribution in [3.05, 3.63) is 47.0 Å². The van der Waals surface area contributed by atoms with Gasteiger partial charge in [-0.15, -0.1) is 0 Å². The number of carboxylic acid groups (broad SMARTS) is 1. The van der Waals surface area contributed by atoms with Crippen LogP contribution in [0.25, 0.3) is 0 Å². The first-order chi connectivity index (χ1) is 10.1. The number of carbonyl (C=O) groups is 1. The Hall–Kier alpha value is -2.37. The monoisotopic (exact) mass is 289 g/mol. The van der Waals surface area contributed by atoms with Gasteiger partial charge in [0.25, 0.3) is 0 Å². The van der Waals surface area contributed by atoms with E-state index in [4.69, 9.17) is 0 Å². The molecule has 0 spiro atoms. The van der Waals surface area contributed by atoms with Gasteiger partial charge in [0.1, 0.15) is 5.82 Å². The number of hydrogen-bond acceptors (Lipinski definition) is 3. The predicted molar refractivity (Wildman–Crippen MR) is 76.0 cm³/mol. The van der Waals surface area contributed by atoms with E-state index >= 15 is 0 Å². The van der Waals surface area contributed by atoms with Crippen molar-refractivity contribution in [1.29, 1.82) is 0 Å². The molecule has 1 N–H and O–H groups in total. The molecule has 110 valence electrons. The number of aryl methyl sites for hydroxylation is 1. The standard InChI is InChI=1S/C15H16FN3O2/c1-2-19-13-7-8-18(11-5-3-10(16)4-6-11)9-12(13)14(17-19)15(20)21/h3-6H,2,7-9H2,1H3,(H,20,21). The maximum atomic E-state index is 13.0. The van der Waals surface area contributed by atoms with Crippen LogP contribution in [-0.4, -0.2) is 27.4 Å². The number of benzene rings is 1. The van der Waals surface area contributed by atoms with Gasteiger partial charge in [-0.2, -0.15) is 5.10 Å². The molecule has 0 unspecified atom stereocenters. The lowest BCUT2D eigenvalue weighted by Gasteiger charge is -2.29. The second-order valence-electron chi connectivity index (χ2n) is 5.04. The fourth-order valence-corrected chi connectivity index (χ4v) is 2.80. The number of halogens is 1. The van der Waals surface area contributed by atoms with Crippen molar-refractivity contribution < 1.29 is 14.3 Å². The molecule has 1 aromatic carbocycles. The molecule has 0 saturated heterocycles. The number of fused-ring (bicyclic) bond motifs is 1. The summed E-state index contributed by atoms with van der Waals surface area (Å²) in [7, 11) is 0. The van der Waals surface area contributed by atoms with Gasteiger partial charge in [-0.3, -0.25) is 4.68 Å². The molecule has 0 aliphatic carbocycles. The second kappa shape index (κ2) is 5.20. The van der Waals surface area contributed by atoms with Crippen LogP contribution in [0.1, 0.15) is 28.7 Å². The molecule has 2 heterocycles. The van der Waals surface area contributed by atoms with Gasteiger partial charge in [-0.05, 0) is 31.2 Å². The molecule has 2 aromatic rings. The third kappa shape index (κ3) is 2.37. The second-order valence-corrected chi connectivity index (χ2v) is 5.04. The minimum absolute atomic E-state index is 0.124. The molecular formula is C15H16FN3O2. The van der Waals surface area contributed by atoms with E-state index in [2.05, 4.69) is 10.00 Å². The Morgan fingerprint density at radius 2 is 2.10 bits per heavy atom. The van der Waals surface area contributed by atoms with Crippen LogP contribution in [0.2, 0.25) is 0 Å². The molecule has 0 fully saturated rings. The van der Waals surface area contributed by atoms with E-state index in [1.54, 1.807) is 16.8 Å². The fourth-order valence-electron chi connectivity index (χ4n) is 2.80. The van der Waals surface area contributed by atoms with Gasteiger partial charge in [0.05, 0.1) is 0 Å². The van der Waals surface area contributed by atoms with Crippen LogP contribution in [-0.2, 0) is 19.5 Å². The van der Waals surface area contributed by atoms with Crippen molar-refractivity contribution in [2.75, 3.05) is 11.4 Å². The summed E-state index contributed by atoms with van der Waals surface area (Å²) in [5.74, 6) is -1.28. The van der Waals surface area contributed by atoms with E-state index in [0.717, 1.165) is 29.9 Å². The summed E-state index contributed by atoms with van der Waals surface area (Å²) in [6.07, 6.45) is 0.737. The maximum Gasteiger partial charge on any atom is 0.356 e. The van der Waals surface area contributed by atoms with Crippen molar-refractivity contribution in [2.45, 2.75) is 26.4 Å². The highest BCUT2D eigenvalue weighted by Gasteiger charge is 2.27. The van der Waals surface area contributed by atoms with Gasteiger partial charge in [0, 0.05) is 43.0 Å². The lowest BCUT2D eigenvalue weighted by atomic mass is 10.0. The van der Waals surface area contributed by atoms with Gasteiger partial charge in [0.2, 0.25) is 0 Å². The molecule has 0 bridgehead atoms. The average Bonchev–Trinajstić information content (AvgIpc) is 2.86. The van der Waals surface area contributed by atoms with Crippen LogP contribution < -0.4 is 4.90 Å². The van der Waals surface area contributed by atoms with Gasteiger partial charge in [0.15, 0.2) is 5.69 Å². The molecule has 1 aliphatic rings. The number of carboxylic acids is 1. The van der Waals surface area contributed by atoms with E-state index in [-0.39, 0.29) is 11.5 Å². The van der Waals surface area contributed by atoms with Gasteiger partial charge in [-0.25, -0.2) is 9.18 Å². The molecule has 0 radical (unpaired) electrons. The topological polar surface area (TPSA) is 58.4 Å². The molecule has 1 aromatic heterocycles. The van der Waals surface area contributed by atoms with Crippen molar-refractivity contribution in [2.24, 2.45) is 0 Å². The number of anilines is 1. The zero-order valence-electron chi connectivity index (χ0n) is 11.7. The Balaban J connectivity index is 1.96. The summed E-state index contributed by atoms with van der Waals surface area (Å²) < 4.78 is 14.8. The molecule has 0 amide bonds. The van der Waals surface area contributed by atoms with Crippen LogP contribution >= 0.6 is 0 Å². The minimum Gasteiger partial charge on any atom is -0.476 e. The molecule has 0 saturated carbocycles. The summed E-state index contributed by atoms with van der Waals surface area (Å²) >= 11 is 0. The zero-order valence-corrected chi connectivity index (χ0v) is 11.7. The smallest absolute Gasteiger partial charge is 0.356 e. The highest BCUT2D eigenvalue weighted by atomic mass is 19.1. The lowest BCUT2D eigenvalue weighted by Crippen LogP contribution is -2.31. The summed E-state index contributed by atoms with van der Waals surface area (Å²) in [4.78, 5) is 13.4. The van der Waals surface area contributed by atoms with E-state index in [9.17, 15) is 14.3 Å². The minimum atomic E-state index is -1.00. The van der Waals surface area contributed by atoms with Crippen molar-refractivity contribution in [3.8, 4) is 0 Å². The summed E-state index contributed by atoms with van der Waals surface area (Å²) in [6, 6.07) is 6.26. The lowest BCUT2D eigenvalue weighted by molar-refractivity contribution is 0.0688. The van der Waals surface area contributed by atoms with Gasteiger partial charge < -0.3 is 10.0 Å². The zero-order chi connectivity index (χ0) is 15.0. The largest absolute Gasteiger partial charge is 0.476 e. The third-order valence-corrected chi connectivity index (χ3v) is 3.83. The Bertz CT molecular complexity index is 679. The molecule has 3 rings (SSSR count). The average molecular weight is 289 g/mol. The first-order valence-corrected chi connectivity index (χ1v) is 6.92. The molecule has 1 aliphatic heterocycles. The van der Waals surface area contributed by atoms with Crippen molar-refractivity contribution >= 4 is 11.7 Å². The van der Waals surface area contributed by atoms with Crippen LogP contribution in [0, 0.1) is 5.82 Å². The molecule has 5 nitrogen and oxygen atoms in total. The third-order valence-electron chi connectivity index (χ3n) is 3.83. The van der Waals surface area contributed by atoms with E-state index < -0.39 is 5.97 Å². The number of aromatic carboxylic acids is 1.